The molecule has 0 aromatic rings. The van der Waals surface area contributed by atoms with Gasteiger partial charge in [0.05, 0.1) is 6.54 Å². The van der Waals surface area contributed by atoms with Crippen molar-refractivity contribution in [3.05, 3.63) is 0 Å². The van der Waals surface area contributed by atoms with Crippen molar-refractivity contribution < 1.29 is 4.79 Å². The molecule has 0 heterocycles. The van der Waals surface area contributed by atoms with E-state index >= 15 is 0 Å². The number of halogens is 1. The number of hydrogen-bond donors (Lipinski definition) is 3. The van der Waals surface area contributed by atoms with Crippen molar-refractivity contribution in [1.82, 2.24) is 16.0 Å². The third-order valence-electron chi connectivity index (χ3n) is 2.03. The molecule has 3 N–H and O–H groups in total. The summed E-state index contributed by atoms with van der Waals surface area (Å²) in [5.41, 5.74) is 0. The van der Waals surface area contributed by atoms with Crippen LogP contribution >= 0.6 is 24.0 Å². The molecule has 102 valence electrons. The minimum atomic E-state index is 0. The number of carbonyl (C=O) groups is 1. The minimum Gasteiger partial charge on any atom is -0.356 e. The van der Waals surface area contributed by atoms with Crippen LogP contribution in [0.25, 0.3) is 0 Å². The second kappa shape index (κ2) is 13.5. The molecule has 0 aromatic carbocycles. The molecular formula is C11H25IN4O. The van der Waals surface area contributed by atoms with Crippen LogP contribution in [-0.4, -0.2) is 38.5 Å². The highest BCUT2D eigenvalue weighted by Crippen LogP contribution is 1.82. The van der Waals surface area contributed by atoms with Crippen molar-refractivity contribution in [2.24, 2.45) is 4.99 Å². The Morgan fingerprint density at radius 1 is 1.06 bits per heavy atom. The molecule has 0 aliphatic rings. The molecule has 17 heavy (non-hydrogen) atoms. The number of nitrogens with zero attached hydrogens (tertiary/aromatic N) is 1. The van der Waals surface area contributed by atoms with E-state index in [1.807, 2.05) is 6.92 Å². The van der Waals surface area contributed by atoms with Gasteiger partial charge in [0, 0.05) is 20.1 Å². The highest BCUT2D eigenvalue weighted by Gasteiger charge is 2.01. The third kappa shape index (κ3) is 11.7. The highest BCUT2D eigenvalue weighted by molar-refractivity contribution is 14.0. The van der Waals surface area contributed by atoms with Gasteiger partial charge in [-0.1, -0.05) is 20.3 Å². The van der Waals surface area contributed by atoms with Gasteiger partial charge in [-0.3, -0.25) is 9.79 Å². The van der Waals surface area contributed by atoms with Crippen molar-refractivity contribution in [2.45, 2.75) is 33.1 Å². The maximum atomic E-state index is 11.3. The quantitative estimate of drug-likeness (QED) is 0.277. The Bertz CT molecular complexity index is 222. The summed E-state index contributed by atoms with van der Waals surface area (Å²) in [6, 6.07) is 0. The molecule has 0 fully saturated rings. The average Bonchev–Trinajstić information content (AvgIpc) is 2.31. The predicted octanol–water partition coefficient (Wildman–Crippen LogP) is 1.10. The van der Waals surface area contributed by atoms with E-state index < -0.39 is 0 Å². The number of unbranched alkanes of at least 4 members (excludes halogenated alkanes) is 1. The van der Waals surface area contributed by atoms with E-state index in [-0.39, 0.29) is 36.4 Å². The van der Waals surface area contributed by atoms with Gasteiger partial charge >= 0.3 is 0 Å². The highest BCUT2D eigenvalue weighted by atomic mass is 127. The van der Waals surface area contributed by atoms with Gasteiger partial charge in [-0.2, -0.15) is 0 Å². The van der Waals surface area contributed by atoms with Gasteiger partial charge in [-0.15, -0.1) is 24.0 Å². The average molecular weight is 356 g/mol. The van der Waals surface area contributed by atoms with E-state index in [0.717, 1.165) is 32.4 Å². The van der Waals surface area contributed by atoms with Gasteiger partial charge in [0.15, 0.2) is 5.96 Å². The van der Waals surface area contributed by atoms with E-state index in [2.05, 4.69) is 27.9 Å². The summed E-state index contributed by atoms with van der Waals surface area (Å²) < 4.78 is 0. The topological polar surface area (TPSA) is 65.5 Å². The third-order valence-corrected chi connectivity index (χ3v) is 2.03. The Morgan fingerprint density at radius 3 is 2.29 bits per heavy atom. The lowest BCUT2D eigenvalue weighted by molar-refractivity contribution is -0.120. The molecule has 0 radical (unpaired) electrons. The van der Waals surface area contributed by atoms with Crippen LogP contribution in [0.5, 0.6) is 0 Å². The van der Waals surface area contributed by atoms with Gasteiger partial charge < -0.3 is 16.0 Å². The summed E-state index contributed by atoms with van der Waals surface area (Å²) in [5, 5.41) is 8.90. The first kappa shape index (κ1) is 18.8. The lowest BCUT2D eigenvalue weighted by atomic mass is 10.3. The summed E-state index contributed by atoms with van der Waals surface area (Å²) in [6.45, 7) is 6.04. The fraction of sp³-hybridized carbons (Fsp3) is 0.818. The molecule has 0 unspecified atom stereocenters. The second-order valence-electron chi connectivity index (χ2n) is 3.56. The monoisotopic (exact) mass is 356 g/mol. The van der Waals surface area contributed by atoms with Crippen LogP contribution in [0.3, 0.4) is 0 Å². The number of nitrogens with one attached hydrogen (secondary N) is 3. The van der Waals surface area contributed by atoms with Crippen molar-refractivity contribution >= 4 is 35.8 Å². The molecule has 0 aliphatic carbocycles. The zero-order valence-electron chi connectivity index (χ0n) is 11.0. The molecule has 0 saturated heterocycles. The van der Waals surface area contributed by atoms with E-state index in [1.165, 1.54) is 0 Å². The Morgan fingerprint density at radius 2 is 1.76 bits per heavy atom. The number of rotatable bonds is 7. The summed E-state index contributed by atoms with van der Waals surface area (Å²) in [6.07, 6.45) is 3.19. The fourth-order valence-electron chi connectivity index (χ4n) is 1.10. The zero-order chi connectivity index (χ0) is 12.2. The van der Waals surface area contributed by atoms with Crippen LogP contribution in [0.15, 0.2) is 4.99 Å². The Balaban J connectivity index is 0. The Kier molecular flexibility index (Phi) is 15.0. The number of carbonyl (C=O) groups excluding carboxylic acids is 1. The molecule has 0 saturated carbocycles. The zero-order valence-corrected chi connectivity index (χ0v) is 13.3. The first-order chi connectivity index (χ1) is 7.74. The number of guanidine groups is 1. The first-order valence-corrected chi connectivity index (χ1v) is 5.95. The van der Waals surface area contributed by atoms with Gasteiger partial charge in [0.2, 0.25) is 5.91 Å². The standard InChI is InChI=1S/C11H24N4O.HI/c1-4-6-8-14-11(12-3)15-9-10(16)13-7-5-2;/h4-9H2,1-3H3,(H,13,16)(H2,12,14,15);1H. The predicted molar refractivity (Wildman–Crippen MR) is 83.0 cm³/mol. The van der Waals surface area contributed by atoms with Gasteiger partial charge in [0.1, 0.15) is 0 Å². The Hall–Kier alpha value is -0.530. The molecule has 0 aromatic heterocycles. The Labute approximate surface area is 121 Å². The minimum absolute atomic E-state index is 0. The summed E-state index contributed by atoms with van der Waals surface area (Å²) in [4.78, 5) is 15.3. The normalized spacial score (nSPS) is 10.4. The molecule has 0 aliphatic heterocycles. The largest absolute Gasteiger partial charge is 0.356 e. The van der Waals surface area contributed by atoms with Crippen LogP contribution in [0, 0.1) is 0 Å². The van der Waals surface area contributed by atoms with Crippen molar-refractivity contribution in [1.29, 1.82) is 0 Å². The fourth-order valence-corrected chi connectivity index (χ4v) is 1.10. The smallest absolute Gasteiger partial charge is 0.239 e. The molecular weight excluding hydrogens is 331 g/mol. The number of amides is 1. The van der Waals surface area contributed by atoms with E-state index in [4.69, 9.17) is 0 Å². The van der Waals surface area contributed by atoms with Crippen LogP contribution in [0.2, 0.25) is 0 Å². The van der Waals surface area contributed by atoms with Crippen molar-refractivity contribution in [2.75, 3.05) is 26.7 Å². The van der Waals surface area contributed by atoms with Gasteiger partial charge in [-0.25, -0.2) is 0 Å². The maximum absolute atomic E-state index is 11.3. The van der Waals surface area contributed by atoms with Crippen molar-refractivity contribution in [3.8, 4) is 0 Å². The van der Waals surface area contributed by atoms with E-state index in [0.29, 0.717) is 5.96 Å². The van der Waals surface area contributed by atoms with Crippen molar-refractivity contribution in [3.63, 3.8) is 0 Å². The first-order valence-electron chi connectivity index (χ1n) is 5.95. The van der Waals surface area contributed by atoms with E-state index in [1.54, 1.807) is 7.05 Å². The van der Waals surface area contributed by atoms with Gasteiger partial charge in [0.25, 0.3) is 0 Å². The van der Waals surface area contributed by atoms with Crippen LogP contribution < -0.4 is 16.0 Å². The summed E-state index contributed by atoms with van der Waals surface area (Å²) in [7, 11) is 1.70. The molecule has 0 rings (SSSR count). The number of aliphatic imine (C=N–C) groups is 1. The summed E-state index contributed by atoms with van der Waals surface area (Å²) >= 11 is 0. The molecule has 5 nitrogen and oxygen atoms in total. The van der Waals surface area contributed by atoms with Crippen LogP contribution in [-0.2, 0) is 4.79 Å². The molecule has 1 amide bonds. The maximum Gasteiger partial charge on any atom is 0.239 e. The summed E-state index contributed by atoms with van der Waals surface area (Å²) in [5.74, 6) is 0.681. The number of hydrogen-bond acceptors (Lipinski definition) is 2. The molecule has 0 spiro atoms. The van der Waals surface area contributed by atoms with Gasteiger partial charge in [-0.05, 0) is 12.8 Å². The van der Waals surface area contributed by atoms with E-state index in [9.17, 15) is 4.79 Å². The lowest BCUT2D eigenvalue weighted by Gasteiger charge is -2.11. The molecule has 0 atom stereocenters. The van der Waals surface area contributed by atoms with Crippen LogP contribution in [0.1, 0.15) is 33.1 Å². The SMILES string of the molecule is CCCCNC(=NC)NCC(=O)NCCC.I. The second-order valence-corrected chi connectivity index (χ2v) is 3.56. The van der Waals surface area contributed by atoms with Crippen LogP contribution in [0.4, 0.5) is 0 Å². The lowest BCUT2D eigenvalue weighted by Crippen LogP contribution is -2.43. The molecule has 6 heteroatoms. The molecule has 0 bridgehead atoms.